The molecule has 0 spiro atoms. The van der Waals surface area contributed by atoms with Gasteiger partial charge in [0.25, 0.3) is 0 Å². The Kier molecular flexibility index (Phi) is 5.33. The normalized spacial score (nSPS) is 16.7. The van der Waals surface area contributed by atoms with E-state index >= 15 is 0 Å². The lowest BCUT2D eigenvalue weighted by Crippen LogP contribution is -2.25. The second-order valence-corrected chi connectivity index (χ2v) is 7.40. The molecule has 1 unspecified atom stereocenters. The lowest BCUT2D eigenvalue weighted by atomic mass is 9.80. The number of carbonyl (C=O) groups excluding carboxylic acids is 1. The van der Waals surface area contributed by atoms with Gasteiger partial charge in [0.15, 0.2) is 0 Å². The summed E-state index contributed by atoms with van der Waals surface area (Å²) in [6.07, 6.45) is 0. The summed E-state index contributed by atoms with van der Waals surface area (Å²) in [6.45, 7) is 5.68. The number of ether oxygens (including phenoxy) is 2. The Hall–Kier alpha value is -3.04. The first-order valence-corrected chi connectivity index (χ1v) is 9.40. The van der Waals surface area contributed by atoms with Crippen molar-refractivity contribution in [3.8, 4) is 16.5 Å². The molecule has 2 heterocycles. The van der Waals surface area contributed by atoms with E-state index in [2.05, 4.69) is 6.07 Å². The molecule has 1 aromatic heterocycles. The van der Waals surface area contributed by atoms with Crippen LogP contribution in [-0.4, -0.2) is 12.6 Å². The molecule has 0 amide bonds. The Morgan fingerprint density at radius 2 is 2.04 bits per heavy atom. The highest BCUT2D eigenvalue weighted by Gasteiger charge is 2.37. The Morgan fingerprint density at radius 3 is 2.67 bits per heavy atom. The van der Waals surface area contributed by atoms with Crippen molar-refractivity contribution in [2.75, 3.05) is 6.61 Å². The summed E-state index contributed by atoms with van der Waals surface area (Å²) in [7, 11) is 0. The molecule has 0 aliphatic carbocycles. The number of benzene rings is 1. The van der Waals surface area contributed by atoms with Gasteiger partial charge in [-0.2, -0.15) is 5.26 Å². The van der Waals surface area contributed by atoms with Gasteiger partial charge in [-0.1, -0.05) is 24.3 Å². The van der Waals surface area contributed by atoms with Crippen LogP contribution in [0, 0.1) is 18.3 Å². The van der Waals surface area contributed by atoms with Gasteiger partial charge >= 0.3 is 5.97 Å². The van der Waals surface area contributed by atoms with Crippen molar-refractivity contribution >= 4 is 17.3 Å². The number of rotatable bonds is 4. The maximum atomic E-state index is 12.7. The highest BCUT2D eigenvalue weighted by atomic mass is 32.1. The van der Waals surface area contributed by atoms with E-state index in [4.69, 9.17) is 15.2 Å². The quantitative estimate of drug-likeness (QED) is 0.796. The predicted octanol–water partition coefficient (Wildman–Crippen LogP) is 4.37. The molecule has 0 bridgehead atoms. The fraction of sp³-hybridized carbons (Fsp3) is 0.238. The van der Waals surface area contributed by atoms with E-state index in [-0.39, 0.29) is 18.1 Å². The van der Waals surface area contributed by atoms with Crippen molar-refractivity contribution in [1.82, 2.24) is 0 Å². The van der Waals surface area contributed by atoms with Gasteiger partial charge in [-0.25, -0.2) is 4.79 Å². The molecular formula is C21H20N2O3S. The lowest BCUT2D eigenvalue weighted by molar-refractivity contribution is -0.139. The van der Waals surface area contributed by atoms with Crippen LogP contribution in [0.5, 0.6) is 0 Å². The molecule has 6 heteroatoms. The van der Waals surface area contributed by atoms with Crippen LogP contribution >= 0.6 is 11.3 Å². The highest BCUT2D eigenvalue weighted by Crippen LogP contribution is 2.44. The summed E-state index contributed by atoms with van der Waals surface area (Å²) >= 11 is 1.66. The number of nitrogens with two attached hydrogens (primary N) is 1. The lowest BCUT2D eigenvalue weighted by Gasteiger charge is -2.28. The number of allylic oxidation sites excluding steroid dienone is 2. The van der Waals surface area contributed by atoms with E-state index < -0.39 is 11.9 Å². The first kappa shape index (κ1) is 18.7. The van der Waals surface area contributed by atoms with E-state index in [9.17, 15) is 10.1 Å². The van der Waals surface area contributed by atoms with Crippen molar-refractivity contribution in [3.05, 3.63) is 69.6 Å². The molecular weight excluding hydrogens is 360 g/mol. The Balaban J connectivity index is 2.24. The maximum absolute atomic E-state index is 12.7. The van der Waals surface area contributed by atoms with Crippen molar-refractivity contribution in [3.63, 3.8) is 0 Å². The Labute approximate surface area is 162 Å². The number of nitrogens with zero attached hydrogens (tertiary/aromatic N) is 1. The summed E-state index contributed by atoms with van der Waals surface area (Å²) in [5, 5.41) is 9.73. The van der Waals surface area contributed by atoms with Crippen LogP contribution in [0.15, 0.2) is 59.2 Å². The van der Waals surface area contributed by atoms with Crippen LogP contribution in [0.1, 0.15) is 30.2 Å². The standard InChI is InChI=1S/C21H20N2O3S/c1-4-25-21(24)18-13(3)26-20(23)16(11-22)19(18)15-8-6-5-7-14(15)17-10-9-12(2)27-17/h5-10,19H,4,23H2,1-3H3. The second-order valence-electron chi connectivity index (χ2n) is 6.11. The number of aryl methyl sites for hydroxylation is 1. The Morgan fingerprint density at radius 1 is 1.30 bits per heavy atom. The van der Waals surface area contributed by atoms with Crippen molar-refractivity contribution < 1.29 is 14.3 Å². The summed E-state index contributed by atoms with van der Waals surface area (Å²) in [5.74, 6) is -0.767. The van der Waals surface area contributed by atoms with E-state index in [1.54, 1.807) is 25.2 Å². The minimum absolute atomic E-state index is 0.0187. The number of hydrogen-bond donors (Lipinski definition) is 1. The Bertz CT molecular complexity index is 995. The van der Waals surface area contributed by atoms with Crippen LogP contribution in [-0.2, 0) is 14.3 Å². The molecule has 2 aromatic rings. The van der Waals surface area contributed by atoms with E-state index in [0.717, 1.165) is 16.0 Å². The number of nitriles is 1. The summed E-state index contributed by atoms with van der Waals surface area (Å²) in [4.78, 5) is 14.9. The molecule has 3 rings (SSSR count). The molecule has 138 valence electrons. The molecule has 1 aliphatic heterocycles. The van der Waals surface area contributed by atoms with Crippen molar-refractivity contribution in [2.45, 2.75) is 26.7 Å². The molecule has 0 radical (unpaired) electrons. The monoisotopic (exact) mass is 380 g/mol. The molecule has 0 saturated heterocycles. The number of carbonyl (C=O) groups is 1. The fourth-order valence-corrected chi connectivity index (χ4v) is 4.13. The van der Waals surface area contributed by atoms with Gasteiger partial charge in [-0.05, 0) is 44.0 Å². The molecule has 1 atom stereocenters. The zero-order valence-electron chi connectivity index (χ0n) is 15.4. The van der Waals surface area contributed by atoms with Crippen LogP contribution in [0.3, 0.4) is 0 Å². The van der Waals surface area contributed by atoms with Crippen molar-refractivity contribution in [1.29, 1.82) is 5.26 Å². The summed E-state index contributed by atoms with van der Waals surface area (Å²) < 4.78 is 10.7. The average molecular weight is 380 g/mol. The molecule has 27 heavy (non-hydrogen) atoms. The smallest absolute Gasteiger partial charge is 0.338 e. The van der Waals surface area contributed by atoms with Crippen LogP contribution < -0.4 is 5.73 Å². The topological polar surface area (TPSA) is 85.3 Å². The van der Waals surface area contributed by atoms with Crippen LogP contribution in [0.2, 0.25) is 0 Å². The zero-order valence-corrected chi connectivity index (χ0v) is 16.2. The minimum atomic E-state index is -0.638. The SMILES string of the molecule is CCOC(=O)C1=C(C)OC(N)=C(C#N)C1c1ccccc1-c1ccc(C)s1. The number of hydrogen-bond acceptors (Lipinski definition) is 6. The van der Waals surface area contributed by atoms with E-state index in [1.807, 2.05) is 43.3 Å². The highest BCUT2D eigenvalue weighted by molar-refractivity contribution is 7.15. The van der Waals surface area contributed by atoms with Gasteiger partial charge in [0.1, 0.15) is 17.4 Å². The van der Waals surface area contributed by atoms with Gasteiger partial charge in [0, 0.05) is 9.75 Å². The number of esters is 1. The largest absolute Gasteiger partial charge is 0.463 e. The van der Waals surface area contributed by atoms with Gasteiger partial charge in [0.2, 0.25) is 5.88 Å². The maximum Gasteiger partial charge on any atom is 0.338 e. The van der Waals surface area contributed by atoms with E-state index in [0.29, 0.717) is 11.3 Å². The third-order valence-corrected chi connectivity index (χ3v) is 5.41. The van der Waals surface area contributed by atoms with Gasteiger partial charge in [-0.15, -0.1) is 11.3 Å². The summed E-state index contributed by atoms with van der Waals surface area (Å²) in [6, 6.07) is 13.9. The van der Waals surface area contributed by atoms with Gasteiger partial charge in [-0.3, -0.25) is 0 Å². The van der Waals surface area contributed by atoms with Crippen molar-refractivity contribution in [2.24, 2.45) is 5.73 Å². The average Bonchev–Trinajstić information content (AvgIpc) is 3.07. The number of thiophene rings is 1. The second kappa shape index (κ2) is 7.68. The predicted molar refractivity (Wildman–Crippen MR) is 104 cm³/mol. The fourth-order valence-electron chi connectivity index (χ4n) is 3.22. The van der Waals surface area contributed by atoms with Crippen LogP contribution in [0.4, 0.5) is 0 Å². The van der Waals surface area contributed by atoms with Gasteiger partial charge < -0.3 is 15.2 Å². The molecule has 2 N–H and O–H groups in total. The molecule has 1 aliphatic rings. The van der Waals surface area contributed by atoms with Gasteiger partial charge in [0.05, 0.1) is 18.1 Å². The third kappa shape index (κ3) is 3.46. The molecule has 0 saturated carbocycles. The van der Waals surface area contributed by atoms with Crippen LogP contribution in [0.25, 0.3) is 10.4 Å². The summed E-state index contributed by atoms with van der Waals surface area (Å²) in [5.41, 5.74) is 8.29. The molecule has 0 fully saturated rings. The third-order valence-electron chi connectivity index (χ3n) is 4.38. The minimum Gasteiger partial charge on any atom is -0.463 e. The first-order valence-electron chi connectivity index (χ1n) is 8.59. The van der Waals surface area contributed by atoms with E-state index in [1.165, 1.54) is 4.88 Å². The molecule has 1 aromatic carbocycles. The molecule has 5 nitrogen and oxygen atoms in total. The zero-order chi connectivity index (χ0) is 19.6. The first-order chi connectivity index (χ1) is 13.0.